The fourth-order valence-electron chi connectivity index (χ4n) is 2.92. The minimum absolute atomic E-state index is 0.104. The fourth-order valence-corrected chi connectivity index (χ4v) is 6.22. The quantitative estimate of drug-likeness (QED) is 0.372. The van der Waals surface area contributed by atoms with E-state index in [2.05, 4.69) is 26.6 Å². The molecule has 1 N–H and O–H groups in total. The van der Waals surface area contributed by atoms with Gasteiger partial charge in [-0.15, -0.1) is 39.1 Å². The van der Waals surface area contributed by atoms with Crippen LogP contribution in [0.15, 0.2) is 50.4 Å². The van der Waals surface area contributed by atoms with E-state index in [1.807, 2.05) is 41.3 Å². The van der Waals surface area contributed by atoms with Gasteiger partial charge in [0.1, 0.15) is 10.7 Å². The van der Waals surface area contributed by atoms with Crippen LogP contribution in [0.5, 0.6) is 0 Å². The summed E-state index contributed by atoms with van der Waals surface area (Å²) in [7, 11) is 0. The summed E-state index contributed by atoms with van der Waals surface area (Å²) in [4.78, 5) is 23.5. The maximum absolute atomic E-state index is 12.8. The molecule has 0 radical (unpaired) electrons. The Hall–Kier alpha value is -2.34. The predicted octanol–water partition coefficient (Wildman–Crippen LogP) is 4.66. The SMILES string of the molecule is CC(Sc1nnnn1Cc1cccs1)c1nc2scc(-c3cccs3)c2c(=O)[nH]1. The van der Waals surface area contributed by atoms with E-state index in [1.54, 1.807) is 27.4 Å². The molecule has 0 fully saturated rings. The standard InChI is InChI=1S/C18H14N6OS4/c1-10(29-18-21-22-23-24(18)8-11-4-2-6-26-11)15-19-16(25)14-12(9-28-17(14)20-15)13-5-3-7-27-13/h2-7,9-10H,8H2,1H3,(H,19,20,25). The van der Waals surface area contributed by atoms with Gasteiger partial charge in [-0.3, -0.25) is 4.79 Å². The van der Waals surface area contributed by atoms with Crippen molar-refractivity contribution < 1.29 is 0 Å². The summed E-state index contributed by atoms with van der Waals surface area (Å²) in [5, 5.41) is 19.3. The van der Waals surface area contributed by atoms with E-state index >= 15 is 0 Å². The van der Waals surface area contributed by atoms with Gasteiger partial charge in [0.2, 0.25) is 5.16 Å². The molecular formula is C18H14N6OS4. The predicted molar refractivity (Wildman–Crippen MR) is 119 cm³/mol. The molecule has 0 aliphatic heterocycles. The molecule has 29 heavy (non-hydrogen) atoms. The lowest BCUT2D eigenvalue weighted by molar-refractivity contribution is 0.607. The third kappa shape index (κ3) is 3.66. The lowest BCUT2D eigenvalue weighted by Gasteiger charge is -2.10. The summed E-state index contributed by atoms with van der Waals surface area (Å²) in [5.41, 5.74) is 0.834. The molecular weight excluding hydrogens is 445 g/mol. The highest BCUT2D eigenvalue weighted by Gasteiger charge is 2.19. The molecule has 0 saturated heterocycles. The van der Waals surface area contributed by atoms with E-state index < -0.39 is 0 Å². The number of aromatic amines is 1. The van der Waals surface area contributed by atoms with Crippen molar-refractivity contribution in [2.75, 3.05) is 0 Å². The van der Waals surface area contributed by atoms with Gasteiger partial charge in [-0.05, 0) is 40.2 Å². The molecule has 5 heterocycles. The maximum Gasteiger partial charge on any atom is 0.260 e. The molecule has 11 heteroatoms. The van der Waals surface area contributed by atoms with E-state index in [1.165, 1.54) is 28.0 Å². The van der Waals surface area contributed by atoms with Crippen molar-refractivity contribution in [3.63, 3.8) is 0 Å². The van der Waals surface area contributed by atoms with Crippen LogP contribution in [0.2, 0.25) is 0 Å². The number of nitrogens with zero attached hydrogens (tertiary/aromatic N) is 5. The van der Waals surface area contributed by atoms with Gasteiger partial charge in [0.15, 0.2) is 0 Å². The van der Waals surface area contributed by atoms with Crippen LogP contribution in [0.1, 0.15) is 22.9 Å². The molecule has 0 aliphatic carbocycles. The van der Waals surface area contributed by atoms with Crippen molar-refractivity contribution in [1.82, 2.24) is 30.2 Å². The van der Waals surface area contributed by atoms with E-state index in [0.29, 0.717) is 22.9 Å². The Kier molecular flexibility index (Phi) is 5.04. The number of thioether (sulfide) groups is 1. The van der Waals surface area contributed by atoms with Crippen molar-refractivity contribution >= 4 is 56.0 Å². The molecule has 0 saturated carbocycles. The number of fused-ring (bicyclic) bond motifs is 1. The van der Waals surface area contributed by atoms with Gasteiger partial charge in [0.05, 0.1) is 17.2 Å². The van der Waals surface area contributed by atoms with E-state index in [-0.39, 0.29) is 10.8 Å². The van der Waals surface area contributed by atoms with Crippen LogP contribution in [0.4, 0.5) is 0 Å². The van der Waals surface area contributed by atoms with Crippen LogP contribution in [0, 0.1) is 0 Å². The Bertz CT molecular complexity index is 1300. The van der Waals surface area contributed by atoms with Gasteiger partial charge < -0.3 is 4.98 Å². The second-order valence-corrected chi connectivity index (χ2v) is 10.4. The number of tetrazole rings is 1. The Morgan fingerprint density at radius 3 is 2.86 bits per heavy atom. The van der Waals surface area contributed by atoms with Gasteiger partial charge in [-0.2, -0.15) is 0 Å². The number of hydrogen-bond donors (Lipinski definition) is 1. The summed E-state index contributed by atoms with van der Waals surface area (Å²) in [6.07, 6.45) is 0. The van der Waals surface area contributed by atoms with Gasteiger partial charge in [-0.1, -0.05) is 23.9 Å². The Balaban J connectivity index is 1.43. The maximum atomic E-state index is 12.8. The zero-order valence-electron chi connectivity index (χ0n) is 15.1. The summed E-state index contributed by atoms with van der Waals surface area (Å²) >= 11 is 6.26. The molecule has 146 valence electrons. The van der Waals surface area contributed by atoms with E-state index in [4.69, 9.17) is 4.98 Å². The first-order valence-corrected chi connectivity index (χ1v) is 12.2. The van der Waals surface area contributed by atoms with Crippen LogP contribution in [-0.2, 0) is 6.54 Å². The highest BCUT2D eigenvalue weighted by Crippen LogP contribution is 2.36. The topological polar surface area (TPSA) is 89.3 Å². The molecule has 1 unspecified atom stereocenters. The molecule has 5 rings (SSSR count). The smallest absolute Gasteiger partial charge is 0.260 e. The summed E-state index contributed by atoms with van der Waals surface area (Å²) in [5.74, 6) is 0.623. The molecule has 0 amide bonds. The highest BCUT2D eigenvalue weighted by atomic mass is 32.2. The number of thiophene rings is 3. The van der Waals surface area contributed by atoms with Crippen molar-refractivity contribution in [1.29, 1.82) is 0 Å². The van der Waals surface area contributed by atoms with Gasteiger partial charge >= 0.3 is 0 Å². The van der Waals surface area contributed by atoms with E-state index in [0.717, 1.165) is 15.3 Å². The number of aromatic nitrogens is 6. The third-order valence-corrected chi connectivity index (χ3v) is 8.02. The summed E-state index contributed by atoms with van der Waals surface area (Å²) in [6.45, 7) is 2.62. The van der Waals surface area contributed by atoms with Crippen molar-refractivity contribution in [3.8, 4) is 10.4 Å². The zero-order chi connectivity index (χ0) is 19.8. The Morgan fingerprint density at radius 1 is 1.21 bits per heavy atom. The number of hydrogen-bond acceptors (Lipinski definition) is 9. The first-order chi connectivity index (χ1) is 14.2. The van der Waals surface area contributed by atoms with Crippen LogP contribution in [0.25, 0.3) is 20.7 Å². The fraction of sp³-hybridized carbons (Fsp3) is 0.167. The van der Waals surface area contributed by atoms with Crippen LogP contribution in [-0.4, -0.2) is 30.2 Å². The minimum Gasteiger partial charge on any atom is -0.309 e. The molecule has 0 bridgehead atoms. The third-order valence-electron chi connectivity index (χ3n) is 4.30. The lowest BCUT2D eigenvalue weighted by Crippen LogP contribution is -2.12. The molecule has 7 nitrogen and oxygen atoms in total. The average molecular weight is 459 g/mol. The summed E-state index contributed by atoms with van der Waals surface area (Å²) < 4.78 is 1.77. The summed E-state index contributed by atoms with van der Waals surface area (Å²) in [6, 6.07) is 8.07. The van der Waals surface area contributed by atoms with Crippen LogP contribution < -0.4 is 5.56 Å². The zero-order valence-corrected chi connectivity index (χ0v) is 18.4. The number of H-pyrrole nitrogens is 1. The van der Waals surface area contributed by atoms with Gasteiger partial charge in [0, 0.05) is 20.7 Å². The first-order valence-electron chi connectivity index (χ1n) is 8.69. The first kappa shape index (κ1) is 18.7. The second-order valence-electron chi connectivity index (χ2n) is 6.22. The molecule has 5 aromatic rings. The average Bonchev–Trinajstić information content (AvgIpc) is 3.50. The van der Waals surface area contributed by atoms with Crippen molar-refractivity contribution in [2.45, 2.75) is 23.9 Å². The van der Waals surface area contributed by atoms with E-state index in [9.17, 15) is 4.79 Å². The molecule has 0 aliphatic rings. The van der Waals surface area contributed by atoms with Crippen LogP contribution >= 0.6 is 45.8 Å². The number of rotatable bonds is 6. The second kappa shape index (κ2) is 7.82. The highest BCUT2D eigenvalue weighted by molar-refractivity contribution is 7.99. The van der Waals surface area contributed by atoms with Crippen LogP contribution in [0.3, 0.4) is 0 Å². The monoisotopic (exact) mass is 458 g/mol. The van der Waals surface area contributed by atoms with Crippen molar-refractivity contribution in [2.24, 2.45) is 0 Å². The van der Waals surface area contributed by atoms with Gasteiger partial charge in [-0.25, -0.2) is 9.67 Å². The lowest BCUT2D eigenvalue weighted by atomic mass is 10.2. The molecule has 5 aromatic heterocycles. The normalized spacial score (nSPS) is 12.6. The van der Waals surface area contributed by atoms with Gasteiger partial charge in [0.25, 0.3) is 5.56 Å². The Morgan fingerprint density at radius 2 is 2.07 bits per heavy atom. The molecule has 1 atom stereocenters. The largest absolute Gasteiger partial charge is 0.309 e. The Labute approximate surface area is 181 Å². The number of nitrogens with one attached hydrogen (secondary N) is 1. The van der Waals surface area contributed by atoms with Crippen molar-refractivity contribution in [3.05, 3.63) is 61.5 Å². The molecule has 0 spiro atoms. The minimum atomic E-state index is -0.111. The molecule has 0 aromatic carbocycles.